The van der Waals surface area contributed by atoms with Crippen molar-refractivity contribution in [3.05, 3.63) is 33.8 Å². The number of hydrogen-bond donors (Lipinski definition) is 2. The Morgan fingerprint density at radius 2 is 2.06 bits per heavy atom. The van der Waals surface area contributed by atoms with E-state index in [9.17, 15) is 5.11 Å². The molecule has 1 aliphatic carbocycles. The van der Waals surface area contributed by atoms with Crippen LogP contribution in [0.1, 0.15) is 24.8 Å². The van der Waals surface area contributed by atoms with Gasteiger partial charge in [-0.1, -0.05) is 36.2 Å². The molecule has 2 nitrogen and oxygen atoms in total. The molecule has 0 aliphatic heterocycles. The van der Waals surface area contributed by atoms with E-state index in [1.807, 2.05) is 6.07 Å². The number of aliphatic hydroxyl groups excluding tert-OH is 1. The zero-order chi connectivity index (χ0) is 12.6. The molecule has 0 heterocycles. The van der Waals surface area contributed by atoms with Gasteiger partial charge in [-0.15, -0.1) is 0 Å². The highest BCUT2D eigenvalue weighted by Crippen LogP contribution is 2.44. The first kappa shape index (κ1) is 13.2. The maximum absolute atomic E-state index is 10.3. The maximum atomic E-state index is 10.3. The second kappa shape index (κ2) is 5.15. The zero-order valence-corrected chi connectivity index (χ0v) is 11.2. The Balaban J connectivity index is 2.19. The normalized spacial score (nSPS) is 26.6. The highest BCUT2D eigenvalue weighted by Gasteiger charge is 2.42. The molecule has 1 aromatic rings. The summed E-state index contributed by atoms with van der Waals surface area (Å²) in [6.45, 7) is 2.57. The summed E-state index contributed by atoms with van der Waals surface area (Å²) < 4.78 is 0. The van der Waals surface area contributed by atoms with E-state index >= 15 is 0 Å². The number of hydrogen-bond acceptors (Lipinski definition) is 2. The third-order valence-electron chi connectivity index (χ3n) is 3.65. The predicted molar refractivity (Wildman–Crippen MR) is 71.5 cm³/mol. The third kappa shape index (κ3) is 2.76. The lowest BCUT2D eigenvalue weighted by atomic mass is 9.90. The first-order valence-electron chi connectivity index (χ1n) is 5.87. The van der Waals surface area contributed by atoms with Crippen molar-refractivity contribution in [2.24, 2.45) is 17.6 Å². The first-order valence-corrected chi connectivity index (χ1v) is 6.63. The highest BCUT2D eigenvalue weighted by atomic mass is 35.5. The molecule has 4 atom stereocenters. The van der Waals surface area contributed by atoms with E-state index in [4.69, 9.17) is 28.9 Å². The Bertz CT molecular complexity index is 410. The fourth-order valence-electron chi connectivity index (χ4n) is 2.34. The molecule has 1 fully saturated rings. The van der Waals surface area contributed by atoms with Crippen molar-refractivity contribution in [3.8, 4) is 0 Å². The smallest absolute Gasteiger partial charge is 0.0651 e. The van der Waals surface area contributed by atoms with Crippen LogP contribution in [-0.4, -0.2) is 17.8 Å². The largest absolute Gasteiger partial charge is 0.392 e. The molecule has 0 radical (unpaired) electrons. The monoisotopic (exact) mass is 273 g/mol. The van der Waals surface area contributed by atoms with Crippen LogP contribution >= 0.6 is 23.2 Å². The summed E-state index contributed by atoms with van der Waals surface area (Å²) in [5.74, 6) is 0.916. The number of aliphatic hydroxyl groups is 1. The number of nitrogens with two attached hydrogens (primary N) is 1. The molecular weight excluding hydrogens is 257 g/mol. The molecule has 0 amide bonds. The van der Waals surface area contributed by atoms with Crippen molar-refractivity contribution < 1.29 is 5.11 Å². The van der Waals surface area contributed by atoms with Crippen LogP contribution in [0.5, 0.6) is 0 Å². The quantitative estimate of drug-likeness (QED) is 0.886. The molecule has 0 bridgehead atoms. The fourth-order valence-corrected chi connectivity index (χ4v) is 2.65. The zero-order valence-electron chi connectivity index (χ0n) is 9.74. The summed E-state index contributed by atoms with van der Waals surface area (Å²) in [5.41, 5.74) is 6.73. The molecule has 4 heteroatoms. The van der Waals surface area contributed by atoms with Gasteiger partial charge in [-0.05, 0) is 36.0 Å². The van der Waals surface area contributed by atoms with Crippen molar-refractivity contribution in [3.63, 3.8) is 0 Å². The Morgan fingerprint density at radius 3 is 2.53 bits per heavy atom. The van der Waals surface area contributed by atoms with Gasteiger partial charge in [0.25, 0.3) is 0 Å². The highest BCUT2D eigenvalue weighted by molar-refractivity contribution is 6.42. The average Bonchev–Trinajstić information content (AvgIpc) is 3.01. The minimum Gasteiger partial charge on any atom is -0.392 e. The van der Waals surface area contributed by atoms with E-state index in [-0.39, 0.29) is 12.0 Å². The molecular formula is C13H17Cl2NO. The molecule has 4 unspecified atom stereocenters. The minimum atomic E-state index is -0.382. The lowest BCUT2D eigenvalue weighted by molar-refractivity contribution is 0.118. The molecule has 1 aliphatic rings. The fraction of sp³-hybridized carbons (Fsp3) is 0.538. The van der Waals surface area contributed by atoms with Gasteiger partial charge in [0, 0.05) is 12.5 Å². The van der Waals surface area contributed by atoms with Crippen LogP contribution in [0, 0.1) is 11.8 Å². The van der Waals surface area contributed by atoms with Gasteiger partial charge in [-0.25, -0.2) is 0 Å². The van der Waals surface area contributed by atoms with Crippen molar-refractivity contribution >= 4 is 23.2 Å². The van der Waals surface area contributed by atoms with Crippen molar-refractivity contribution in [2.75, 3.05) is 6.54 Å². The number of halogens is 2. The Kier molecular flexibility index (Phi) is 3.99. The standard InChI is InChI=1S/C13H17Cl2NO/c1-7-4-9(7)13(17)10(6-16)8-2-3-11(14)12(15)5-8/h2-3,5,7,9-10,13,17H,4,6,16H2,1H3. The van der Waals surface area contributed by atoms with Crippen LogP contribution in [0.4, 0.5) is 0 Å². The van der Waals surface area contributed by atoms with E-state index in [2.05, 4.69) is 6.92 Å². The van der Waals surface area contributed by atoms with E-state index in [0.717, 1.165) is 12.0 Å². The van der Waals surface area contributed by atoms with Gasteiger partial charge in [0.15, 0.2) is 0 Å². The van der Waals surface area contributed by atoms with Crippen LogP contribution in [0.3, 0.4) is 0 Å². The molecule has 17 heavy (non-hydrogen) atoms. The van der Waals surface area contributed by atoms with E-state index in [1.54, 1.807) is 12.1 Å². The number of rotatable bonds is 4. The second-order valence-electron chi connectivity index (χ2n) is 4.88. The van der Waals surface area contributed by atoms with Gasteiger partial charge >= 0.3 is 0 Å². The van der Waals surface area contributed by atoms with Gasteiger partial charge < -0.3 is 10.8 Å². The SMILES string of the molecule is CC1CC1C(O)C(CN)c1ccc(Cl)c(Cl)c1. The Labute approximate surface area is 112 Å². The summed E-state index contributed by atoms with van der Waals surface area (Å²) in [7, 11) is 0. The van der Waals surface area contributed by atoms with Crippen molar-refractivity contribution in [2.45, 2.75) is 25.4 Å². The Morgan fingerprint density at radius 1 is 1.41 bits per heavy atom. The van der Waals surface area contributed by atoms with Gasteiger partial charge in [-0.3, -0.25) is 0 Å². The lowest BCUT2D eigenvalue weighted by Crippen LogP contribution is -2.28. The summed E-state index contributed by atoms with van der Waals surface area (Å²) in [4.78, 5) is 0. The van der Waals surface area contributed by atoms with Crippen LogP contribution in [-0.2, 0) is 0 Å². The van der Waals surface area contributed by atoms with Crippen LogP contribution in [0.25, 0.3) is 0 Å². The second-order valence-corrected chi connectivity index (χ2v) is 5.70. The molecule has 0 spiro atoms. The molecule has 1 saturated carbocycles. The molecule has 0 saturated heterocycles. The van der Waals surface area contributed by atoms with E-state index in [0.29, 0.717) is 28.4 Å². The predicted octanol–water partition coefficient (Wildman–Crippen LogP) is 3.05. The van der Waals surface area contributed by atoms with Crippen LogP contribution in [0.15, 0.2) is 18.2 Å². The minimum absolute atomic E-state index is 0.0558. The molecule has 1 aromatic carbocycles. The molecule has 2 rings (SSSR count). The maximum Gasteiger partial charge on any atom is 0.0651 e. The third-order valence-corrected chi connectivity index (χ3v) is 4.39. The Hall–Kier alpha value is -0.280. The van der Waals surface area contributed by atoms with Gasteiger partial charge in [0.05, 0.1) is 16.1 Å². The van der Waals surface area contributed by atoms with E-state index < -0.39 is 0 Å². The number of benzene rings is 1. The molecule has 3 N–H and O–H groups in total. The first-order chi connectivity index (χ1) is 8.04. The summed E-state index contributed by atoms with van der Waals surface area (Å²) in [6.07, 6.45) is 0.700. The van der Waals surface area contributed by atoms with Gasteiger partial charge in [-0.2, -0.15) is 0 Å². The van der Waals surface area contributed by atoms with Crippen molar-refractivity contribution in [1.29, 1.82) is 0 Å². The topological polar surface area (TPSA) is 46.2 Å². The van der Waals surface area contributed by atoms with E-state index in [1.165, 1.54) is 0 Å². The molecule has 94 valence electrons. The molecule has 0 aromatic heterocycles. The summed E-state index contributed by atoms with van der Waals surface area (Å²) >= 11 is 11.9. The van der Waals surface area contributed by atoms with Gasteiger partial charge in [0.1, 0.15) is 0 Å². The van der Waals surface area contributed by atoms with Crippen LogP contribution in [0.2, 0.25) is 10.0 Å². The van der Waals surface area contributed by atoms with Crippen LogP contribution < -0.4 is 5.73 Å². The van der Waals surface area contributed by atoms with Gasteiger partial charge in [0.2, 0.25) is 0 Å². The summed E-state index contributed by atoms with van der Waals surface area (Å²) in [6, 6.07) is 5.45. The summed E-state index contributed by atoms with van der Waals surface area (Å²) in [5, 5.41) is 11.3. The average molecular weight is 274 g/mol. The lowest BCUT2D eigenvalue weighted by Gasteiger charge is -2.22. The van der Waals surface area contributed by atoms with Crippen molar-refractivity contribution in [1.82, 2.24) is 0 Å².